The summed E-state index contributed by atoms with van der Waals surface area (Å²) in [5, 5.41) is 10.2. The third kappa shape index (κ3) is 6.05. The van der Waals surface area contributed by atoms with Gasteiger partial charge < -0.3 is 0 Å². The van der Waals surface area contributed by atoms with Crippen LogP contribution in [-0.2, 0) is 12.8 Å². The van der Waals surface area contributed by atoms with Crippen molar-refractivity contribution in [3.63, 3.8) is 0 Å². The van der Waals surface area contributed by atoms with Gasteiger partial charge in [0.1, 0.15) is 5.71 Å². The van der Waals surface area contributed by atoms with Gasteiger partial charge in [-0.15, -0.1) is 0 Å². The van der Waals surface area contributed by atoms with Crippen molar-refractivity contribution in [2.24, 2.45) is 4.40 Å². The van der Waals surface area contributed by atoms with Gasteiger partial charge in [0.2, 0.25) is 0 Å². The van der Waals surface area contributed by atoms with Crippen molar-refractivity contribution >= 4 is 46.8 Å². The molecule has 0 fully saturated rings. The zero-order valence-corrected chi connectivity index (χ0v) is 29.5. The first-order valence-electron chi connectivity index (χ1n) is 17.4. The van der Waals surface area contributed by atoms with Crippen LogP contribution in [-0.4, -0.2) is 26.4 Å². The Bertz CT molecular complexity index is 2650. The third-order valence-corrected chi connectivity index (χ3v) is 9.86. The molecular weight excluding hydrogens is 667 g/mol. The van der Waals surface area contributed by atoms with Crippen LogP contribution < -0.4 is 0 Å². The topological polar surface area (TPSA) is 74.9 Å². The number of hydrogen-bond donors (Lipinski definition) is 1. The number of hydrogen-bond acceptors (Lipinski definition) is 5. The average Bonchev–Trinajstić information content (AvgIpc) is 3.24. The number of fused-ring (bicyclic) bond motifs is 3. The lowest BCUT2D eigenvalue weighted by atomic mass is 9.82. The van der Waals surface area contributed by atoms with Crippen molar-refractivity contribution in [2.75, 3.05) is 0 Å². The van der Waals surface area contributed by atoms with Crippen molar-refractivity contribution in [2.45, 2.75) is 0 Å². The second kappa shape index (κ2) is 13.8. The monoisotopic (exact) mass is 698 g/mol. The summed E-state index contributed by atoms with van der Waals surface area (Å²) >= 11 is 3.45. The van der Waals surface area contributed by atoms with Gasteiger partial charge in [0.05, 0.1) is 41.1 Å². The summed E-state index contributed by atoms with van der Waals surface area (Å²) in [6.07, 6.45) is 2.09. The van der Waals surface area contributed by atoms with E-state index in [1.165, 1.54) is 0 Å². The van der Waals surface area contributed by atoms with Crippen LogP contribution in [0.3, 0.4) is 0 Å². The molecular formula is C47H32N5S+. The van der Waals surface area contributed by atoms with Gasteiger partial charge >= 0.3 is 0 Å². The molecule has 250 valence electrons. The van der Waals surface area contributed by atoms with Gasteiger partial charge in [-0.1, -0.05) is 162 Å². The van der Waals surface area contributed by atoms with E-state index >= 15 is 0 Å². The van der Waals surface area contributed by atoms with Gasteiger partial charge in [-0.05, 0) is 34.9 Å². The smallest absolute Gasteiger partial charge is 0.160 e. The Hall–Kier alpha value is -6.76. The molecule has 6 heteroatoms. The zero-order chi connectivity index (χ0) is 35.7. The van der Waals surface area contributed by atoms with Gasteiger partial charge in [0.25, 0.3) is 0 Å². The Labute approximate surface area is 313 Å². The lowest BCUT2D eigenvalue weighted by Crippen LogP contribution is -2.22. The van der Waals surface area contributed by atoms with E-state index in [0.717, 1.165) is 83.6 Å². The number of rotatable bonds is 6. The third-order valence-electron chi connectivity index (χ3n) is 9.64. The highest BCUT2D eigenvalue weighted by atomic mass is 32.1. The van der Waals surface area contributed by atoms with Gasteiger partial charge in [-0.2, -0.15) is 0 Å². The first-order chi connectivity index (χ1) is 26.1. The standard InChI is InChI=1S/C47H31N5S/c48-44-38(31-13-5-1-6-14-31)28-39-43(46(44)52-53)37-26-25-36(27-42(37)49-45(39)34-17-9-3-10-18-34)30-21-23-33(24-22-30)41-29-40(32-15-7-2-8-16-32)50-47(51-41)35-19-11-4-12-20-35/h1-29,48,53H/p+1. The number of pyridine rings is 1. The van der Waals surface area contributed by atoms with E-state index in [4.69, 9.17) is 15.0 Å². The molecule has 0 unspecified atom stereocenters. The predicted molar refractivity (Wildman–Crippen MR) is 223 cm³/mol. The Kier molecular flexibility index (Phi) is 8.35. The molecule has 0 atom stereocenters. The van der Waals surface area contributed by atoms with Crippen molar-refractivity contribution in [3.05, 3.63) is 187 Å². The molecule has 2 aromatic heterocycles. The second-order valence-electron chi connectivity index (χ2n) is 12.9. The highest BCUT2D eigenvalue weighted by molar-refractivity contribution is 7.57. The number of aromatic nitrogens is 3. The minimum Gasteiger partial charge on any atom is -0.298 e. The summed E-state index contributed by atoms with van der Waals surface area (Å²) < 4.78 is 4.52. The van der Waals surface area contributed by atoms with Crippen LogP contribution in [0.5, 0.6) is 0 Å². The van der Waals surface area contributed by atoms with E-state index in [1.807, 2.05) is 97.1 Å². The summed E-state index contributed by atoms with van der Waals surface area (Å²) in [6.45, 7) is 0. The van der Waals surface area contributed by atoms with E-state index in [0.29, 0.717) is 17.2 Å². The van der Waals surface area contributed by atoms with Crippen LogP contribution in [0.2, 0.25) is 0 Å². The van der Waals surface area contributed by atoms with E-state index in [-0.39, 0.29) is 0 Å². The molecule has 0 spiro atoms. The molecule has 1 N–H and O–H groups in total. The fourth-order valence-corrected chi connectivity index (χ4v) is 7.22. The van der Waals surface area contributed by atoms with Crippen LogP contribution in [0.1, 0.15) is 16.7 Å². The molecule has 1 aliphatic carbocycles. The van der Waals surface area contributed by atoms with Crippen LogP contribution in [0.25, 0.3) is 78.8 Å². The molecule has 8 aromatic rings. The molecule has 2 heterocycles. The number of nitrogens with zero attached hydrogens (tertiary/aromatic N) is 4. The molecule has 0 bridgehead atoms. The quantitative estimate of drug-likeness (QED) is 0.176. The van der Waals surface area contributed by atoms with E-state index in [2.05, 4.69) is 96.1 Å². The molecule has 0 saturated heterocycles. The van der Waals surface area contributed by atoms with Crippen molar-refractivity contribution in [3.8, 4) is 56.3 Å². The molecule has 0 radical (unpaired) electrons. The molecule has 53 heavy (non-hydrogen) atoms. The van der Waals surface area contributed by atoms with Crippen LogP contribution >= 0.6 is 0 Å². The van der Waals surface area contributed by atoms with Crippen molar-refractivity contribution < 1.29 is 0 Å². The van der Waals surface area contributed by atoms with Crippen molar-refractivity contribution in [1.82, 2.24) is 15.0 Å². The highest BCUT2D eigenvalue weighted by Crippen LogP contribution is 2.39. The van der Waals surface area contributed by atoms with Crippen LogP contribution in [0.4, 0.5) is 0 Å². The fraction of sp³-hybridized carbons (Fsp3) is 0. The summed E-state index contributed by atoms with van der Waals surface area (Å²) in [7, 11) is 0. The number of allylic oxidation sites excluding steroid dienone is 1. The van der Waals surface area contributed by atoms with Gasteiger partial charge in [-0.3, -0.25) is 5.41 Å². The first-order valence-corrected chi connectivity index (χ1v) is 17.8. The Morgan fingerprint density at radius 1 is 0.472 bits per heavy atom. The van der Waals surface area contributed by atoms with Crippen LogP contribution in [0, 0.1) is 5.41 Å². The second-order valence-corrected chi connectivity index (χ2v) is 13.1. The normalized spacial score (nSPS) is 13.2. The maximum Gasteiger partial charge on any atom is 0.160 e. The Morgan fingerprint density at radius 3 is 1.58 bits per heavy atom. The first kappa shape index (κ1) is 32.2. The molecule has 0 saturated carbocycles. The van der Waals surface area contributed by atoms with Crippen molar-refractivity contribution in [1.29, 1.82) is 5.41 Å². The van der Waals surface area contributed by atoms with E-state index in [9.17, 15) is 5.41 Å². The number of benzene rings is 6. The fourth-order valence-electron chi connectivity index (χ4n) is 7.00. The Morgan fingerprint density at radius 2 is 0.981 bits per heavy atom. The summed E-state index contributed by atoms with van der Waals surface area (Å²) in [6, 6.07) is 57.5. The Balaban J connectivity index is 1.15. The molecule has 9 rings (SSSR count). The molecule has 6 aromatic carbocycles. The molecule has 5 nitrogen and oxygen atoms in total. The molecule has 1 aliphatic rings. The average molecular weight is 699 g/mol. The maximum absolute atomic E-state index is 9.25. The lowest BCUT2D eigenvalue weighted by Gasteiger charge is -2.23. The highest BCUT2D eigenvalue weighted by Gasteiger charge is 2.30. The maximum atomic E-state index is 9.25. The predicted octanol–water partition coefficient (Wildman–Crippen LogP) is 10.6. The molecule has 0 amide bonds. The van der Waals surface area contributed by atoms with E-state index < -0.39 is 0 Å². The largest absolute Gasteiger partial charge is 0.298 e. The summed E-state index contributed by atoms with van der Waals surface area (Å²) in [5.74, 6) is 0.689. The zero-order valence-electron chi connectivity index (χ0n) is 28.5. The van der Waals surface area contributed by atoms with E-state index in [1.54, 1.807) is 0 Å². The summed E-state index contributed by atoms with van der Waals surface area (Å²) in [5.41, 5.74) is 14.1. The lowest BCUT2D eigenvalue weighted by molar-refractivity contribution is 1.18. The van der Waals surface area contributed by atoms with Gasteiger partial charge in [0, 0.05) is 44.3 Å². The minimum atomic E-state index is 0.362. The number of nitrogens with one attached hydrogen (secondary N) is 1. The van der Waals surface area contributed by atoms with Gasteiger partial charge in [-0.25, -0.2) is 15.0 Å². The SMILES string of the molecule is N=C1C(c2ccccc2)=Cc2c(-c3ccccc3)nc3cc(-c4ccc(-c5cc(-c6ccccc6)nc(-c6ccccc6)n5)cc4)ccc3c2C1=N[SH2+]. The summed E-state index contributed by atoms with van der Waals surface area (Å²) in [4.78, 5) is 15.3. The minimum absolute atomic E-state index is 0.362. The molecule has 0 aliphatic heterocycles. The van der Waals surface area contributed by atoms with Gasteiger partial charge in [0.15, 0.2) is 5.82 Å². The van der Waals surface area contributed by atoms with Crippen LogP contribution in [0.15, 0.2) is 174 Å².